The van der Waals surface area contributed by atoms with Crippen molar-refractivity contribution in [3.05, 3.63) is 33.7 Å². The molecule has 1 N–H and O–H groups in total. The van der Waals surface area contributed by atoms with Crippen LogP contribution >= 0.6 is 11.6 Å². The van der Waals surface area contributed by atoms with Gasteiger partial charge in [0.1, 0.15) is 0 Å². The average molecular weight is 377 g/mol. The van der Waals surface area contributed by atoms with E-state index >= 15 is 0 Å². The van der Waals surface area contributed by atoms with Crippen molar-refractivity contribution in [2.45, 2.75) is 39.2 Å². The van der Waals surface area contributed by atoms with Gasteiger partial charge in [-0.2, -0.15) is 0 Å². The van der Waals surface area contributed by atoms with Crippen LogP contribution in [0.25, 0.3) is 11.0 Å². The number of carbonyl (C=O) groups is 1. The number of nitrogens with one attached hydrogen (secondary N) is 1. The molecule has 3 saturated heterocycles. The van der Waals surface area contributed by atoms with E-state index in [2.05, 4.69) is 10.2 Å². The second-order valence-electron chi connectivity index (χ2n) is 7.97. The number of rotatable bonds is 3. The van der Waals surface area contributed by atoms with E-state index in [0.29, 0.717) is 17.1 Å². The van der Waals surface area contributed by atoms with Gasteiger partial charge in [0.25, 0.3) is 0 Å². The van der Waals surface area contributed by atoms with Crippen LogP contribution in [-0.4, -0.2) is 46.2 Å². The van der Waals surface area contributed by atoms with E-state index in [1.54, 1.807) is 22.8 Å². The molecule has 0 spiro atoms. The number of benzene rings is 1. The standard InChI is InChI=1S/C19H25ClN4O2/c1-13(2)23-15-4-3-14(20)11-16(15)24(18(23)26)17(25)21-12-19-5-8-22(9-6-19)10-7-19/h3-4,11,13H,5-10,12H2,1-2H3,(H,21,25). The number of piperidine rings is 3. The Balaban J connectivity index is 1.65. The van der Waals surface area contributed by atoms with Gasteiger partial charge in [0.15, 0.2) is 0 Å². The van der Waals surface area contributed by atoms with Gasteiger partial charge in [0.2, 0.25) is 0 Å². The molecule has 0 atom stereocenters. The van der Waals surface area contributed by atoms with Gasteiger partial charge in [-0.1, -0.05) is 11.6 Å². The number of hydrogen-bond donors (Lipinski definition) is 1. The highest BCUT2D eigenvalue weighted by molar-refractivity contribution is 6.31. The van der Waals surface area contributed by atoms with E-state index in [4.69, 9.17) is 11.6 Å². The molecule has 3 aliphatic heterocycles. The van der Waals surface area contributed by atoms with Crippen LogP contribution in [0, 0.1) is 5.41 Å². The minimum Gasteiger partial charge on any atom is -0.337 e. The summed E-state index contributed by atoms with van der Waals surface area (Å²) in [6.45, 7) is 7.83. The third-order valence-corrected chi connectivity index (χ3v) is 6.28. The van der Waals surface area contributed by atoms with Crippen LogP contribution < -0.4 is 11.0 Å². The monoisotopic (exact) mass is 376 g/mol. The van der Waals surface area contributed by atoms with Crippen molar-refractivity contribution >= 4 is 28.7 Å². The predicted molar refractivity (Wildman–Crippen MR) is 103 cm³/mol. The van der Waals surface area contributed by atoms with E-state index in [1.807, 2.05) is 13.8 Å². The zero-order valence-electron chi connectivity index (χ0n) is 15.3. The molecule has 1 aromatic carbocycles. The van der Waals surface area contributed by atoms with E-state index in [9.17, 15) is 9.59 Å². The van der Waals surface area contributed by atoms with E-state index < -0.39 is 0 Å². The Hall–Kier alpha value is -1.79. The van der Waals surface area contributed by atoms with Gasteiger partial charge < -0.3 is 10.2 Å². The zero-order valence-corrected chi connectivity index (χ0v) is 16.1. The Morgan fingerprint density at radius 3 is 2.46 bits per heavy atom. The van der Waals surface area contributed by atoms with Gasteiger partial charge in [-0.15, -0.1) is 0 Å². The molecule has 3 aliphatic rings. The van der Waals surface area contributed by atoms with Crippen molar-refractivity contribution in [3.63, 3.8) is 0 Å². The third-order valence-electron chi connectivity index (χ3n) is 6.04. The highest BCUT2D eigenvalue weighted by atomic mass is 35.5. The maximum atomic E-state index is 12.9. The van der Waals surface area contributed by atoms with Crippen LogP contribution in [0.3, 0.4) is 0 Å². The molecular formula is C19H25ClN4O2. The number of aromatic nitrogens is 2. The molecular weight excluding hydrogens is 352 g/mol. The molecule has 2 aromatic rings. The molecule has 140 valence electrons. The SMILES string of the molecule is CC(C)n1c(=O)n(C(=O)NCC23CCN(CC2)CC3)c2cc(Cl)ccc21. The van der Waals surface area contributed by atoms with Gasteiger partial charge in [0.05, 0.1) is 11.0 Å². The number of fused-ring (bicyclic) bond motifs is 4. The van der Waals surface area contributed by atoms with Crippen molar-refractivity contribution in [1.82, 2.24) is 19.4 Å². The highest BCUT2D eigenvalue weighted by Crippen LogP contribution is 2.39. The highest BCUT2D eigenvalue weighted by Gasteiger charge is 2.39. The first kappa shape index (κ1) is 17.6. The first-order chi connectivity index (χ1) is 12.4. The van der Waals surface area contributed by atoms with Crippen LogP contribution in [0.4, 0.5) is 4.79 Å². The van der Waals surface area contributed by atoms with Gasteiger partial charge in [-0.3, -0.25) is 4.57 Å². The van der Waals surface area contributed by atoms with Crippen LogP contribution in [0.5, 0.6) is 0 Å². The number of imidazole rings is 1. The Morgan fingerprint density at radius 1 is 1.19 bits per heavy atom. The van der Waals surface area contributed by atoms with Crippen LogP contribution in [-0.2, 0) is 0 Å². The summed E-state index contributed by atoms with van der Waals surface area (Å²) in [6.07, 6.45) is 3.34. The normalized spacial score (nSPS) is 25.2. The minimum absolute atomic E-state index is 0.0403. The second kappa shape index (κ2) is 6.43. The quantitative estimate of drug-likeness (QED) is 0.895. The molecule has 6 nitrogen and oxygen atoms in total. The van der Waals surface area contributed by atoms with Crippen molar-refractivity contribution in [2.75, 3.05) is 26.2 Å². The third kappa shape index (κ3) is 2.85. The lowest BCUT2D eigenvalue weighted by Gasteiger charge is -2.48. The minimum atomic E-state index is -0.357. The van der Waals surface area contributed by atoms with Gasteiger partial charge in [0, 0.05) is 17.6 Å². The lowest BCUT2D eigenvalue weighted by atomic mass is 9.72. The number of hydrogen-bond acceptors (Lipinski definition) is 3. The van der Waals surface area contributed by atoms with Gasteiger partial charge in [-0.25, -0.2) is 14.2 Å². The number of nitrogens with zero attached hydrogens (tertiary/aromatic N) is 3. The summed E-state index contributed by atoms with van der Waals surface area (Å²) in [5.41, 5.74) is 1.16. The van der Waals surface area contributed by atoms with Crippen LogP contribution in [0.15, 0.2) is 23.0 Å². The van der Waals surface area contributed by atoms with E-state index in [1.165, 1.54) is 4.57 Å². The maximum absolute atomic E-state index is 12.9. The van der Waals surface area contributed by atoms with Gasteiger partial charge in [-0.05, 0) is 76.4 Å². The Kier molecular flexibility index (Phi) is 4.35. The number of halogens is 1. The molecule has 7 heteroatoms. The molecule has 4 heterocycles. The predicted octanol–water partition coefficient (Wildman–Crippen LogP) is 3.08. The summed E-state index contributed by atoms with van der Waals surface area (Å²) in [4.78, 5) is 28.3. The summed E-state index contributed by atoms with van der Waals surface area (Å²) >= 11 is 6.12. The molecule has 1 aromatic heterocycles. The largest absolute Gasteiger partial charge is 0.337 e. The second-order valence-corrected chi connectivity index (χ2v) is 8.40. The molecule has 1 amide bonds. The molecule has 0 unspecified atom stereocenters. The Morgan fingerprint density at radius 2 is 1.85 bits per heavy atom. The van der Waals surface area contributed by atoms with Crippen molar-refractivity contribution in [3.8, 4) is 0 Å². The summed E-state index contributed by atoms with van der Waals surface area (Å²) in [6, 6.07) is 4.84. The fourth-order valence-electron chi connectivity index (χ4n) is 4.39. The fourth-order valence-corrected chi connectivity index (χ4v) is 4.56. The van der Waals surface area contributed by atoms with Crippen LogP contribution in [0.1, 0.15) is 39.2 Å². The van der Waals surface area contributed by atoms with Gasteiger partial charge >= 0.3 is 11.7 Å². The molecule has 3 fully saturated rings. The number of carbonyl (C=O) groups excluding carboxylic acids is 1. The first-order valence-electron chi connectivity index (χ1n) is 9.33. The number of amides is 1. The van der Waals surface area contributed by atoms with Crippen molar-refractivity contribution in [2.24, 2.45) is 5.41 Å². The van der Waals surface area contributed by atoms with E-state index in [0.717, 1.165) is 44.4 Å². The lowest BCUT2D eigenvalue weighted by molar-refractivity contribution is 0.0285. The summed E-state index contributed by atoms with van der Waals surface area (Å²) in [7, 11) is 0. The average Bonchev–Trinajstić information content (AvgIpc) is 2.92. The molecule has 0 saturated carbocycles. The fraction of sp³-hybridized carbons (Fsp3) is 0.579. The topological polar surface area (TPSA) is 59.3 Å². The van der Waals surface area contributed by atoms with Crippen LogP contribution in [0.2, 0.25) is 5.02 Å². The van der Waals surface area contributed by atoms with Crippen molar-refractivity contribution in [1.29, 1.82) is 0 Å². The van der Waals surface area contributed by atoms with Crippen molar-refractivity contribution < 1.29 is 4.79 Å². The molecule has 0 aliphatic carbocycles. The lowest BCUT2D eigenvalue weighted by Crippen LogP contribution is -2.53. The van der Waals surface area contributed by atoms with E-state index in [-0.39, 0.29) is 23.2 Å². The molecule has 0 radical (unpaired) electrons. The summed E-state index contributed by atoms with van der Waals surface area (Å²) in [5.74, 6) is 0. The Labute approximate surface area is 157 Å². The zero-order chi connectivity index (χ0) is 18.5. The maximum Gasteiger partial charge on any atom is 0.337 e. The summed E-state index contributed by atoms with van der Waals surface area (Å²) < 4.78 is 2.87. The summed E-state index contributed by atoms with van der Waals surface area (Å²) in [5, 5.41) is 3.55. The molecule has 2 bridgehead atoms. The smallest absolute Gasteiger partial charge is 0.337 e. The molecule has 5 rings (SSSR count). The first-order valence-corrected chi connectivity index (χ1v) is 9.71. The Bertz CT molecular complexity index is 892. The molecule has 26 heavy (non-hydrogen) atoms.